The van der Waals surface area contributed by atoms with Crippen molar-refractivity contribution in [2.24, 2.45) is 0 Å². The summed E-state index contributed by atoms with van der Waals surface area (Å²) in [7, 11) is 1.61. The second-order valence-electron chi connectivity index (χ2n) is 5.62. The third kappa shape index (κ3) is 3.41. The number of fused-ring (bicyclic) bond motifs is 1. The molecule has 24 heavy (non-hydrogen) atoms. The lowest BCUT2D eigenvalue weighted by atomic mass is 10.1. The van der Waals surface area contributed by atoms with Crippen LogP contribution in [0.4, 0.5) is 0 Å². The van der Waals surface area contributed by atoms with Crippen molar-refractivity contribution in [3.8, 4) is 11.4 Å². The minimum Gasteiger partial charge on any atom is -0.383 e. The van der Waals surface area contributed by atoms with Crippen LogP contribution in [-0.2, 0) is 4.74 Å². The largest absolute Gasteiger partial charge is 0.383 e. The van der Waals surface area contributed by atoms with E-state index in [9.17, 15) is 4.79 Å². The average Bonchev–Trinajstić information content (AvgIpc) is 2.61. The molecule has 122 valence electrons. The van der Waals surface area contributed by atoms with Gasteiger partial charge in [0.05, 0.1) is 29.1 Å². The summed E-state index contributed by atoms with van der Waals surface area (Å²) in [6, 6.07) is 15.0. The summed E-state index contributed by atoms with van der Waals surface area (Å²) in [5.41, 5.74) is 2.77. The molecule has 2 heterocycles. The zero-order valence-electron chi connectivity index (χ0n) is 13.7. The summed E-state index contributed by atoms with van der Waals surface area (Å²) < 4.78 is 5.08. The quantitative estimate of drug-likeness (QED) is 0.784. The highest BCUT2D eigenvalue weighted by molar-refractivity contribution is 6.07. The van der Waals surface area contributed by atoms with Crippen LogP contribution < -0.4 is 5.32 Å². The number of amides is 1. The standard InChI is InChI=1S/C19H19N3O2/c1-13(12-24-2)21-19(23)15-11-18(17-9-5-6-10-20-17)22-16-8-4-3-7-14(15)16/h3-11,13H,12H2,1-2H3,(H,21,23). The van der Waals surface area contributed by atoms with Crippen LogP contribution in [-0.4, -0.2) is 35.6 Å². The minimum atomic E-state index is -0.143. The summed E-state index contributed by atoms with van der Waals surface area (Å²) in [5.74, 6) is -0.143. The van der Waals surface area contributed by atoms with Crippen LogP contribution in [0, 0.1) is 0 Å². The highest BCUT2D eigenvalue weighted by atomic mass is 16.5. The molecule has 0 aliphatic heterocycles. The number of para-hydroxylation sites is 1. The van der Waals surface area contributed by atoms with E-state index in [4.69, 9.17) is 4.74 Å². The van der Waals surface area contributed by atoms with Crippen molar-refractivity contribution in [1.29, 1.82) is 0 Å². The number of pyridine rings is 2. The SMILES string of the molecule is COCC(C)NC(=O)c1cc(-c2ccccn2)nc2ccccc12. The van der Waals surface area contributed by atoms with Gasteiger partial charge in [-0.3, -0.25) is 9.78 Å². The van der Waals surface area contributed by atoms with E-state index in [0.29, 0.717) is 17.9 Å². The Morgan fingerprint density at radius 2 is 1.96 bits per heavy atom. The topological polar surface area (TPSA) is 64.1 Å². The Kier molecular flexibility index (Phi) is 4.82. The van der Waals surface area contributed by atoms with E-state index in [-0.39, 0.29) is 11.9 Å². The second-order valence-corrected chi connectivity index (χ2v) is 5.62. The number of methoxy groups -OCH3 is 1. The van der Waals surface area contributed by atoms with Crippen LogP contribution in [0.5, 0.6) is 0 Å². The van der Waals surface area contributed by atoms with Gasteiger partial charge in [0.15, 0.2) is 0 Å². The molecule has 3 aromatic rings. The summed E-state index contributed by atoms with van der Waals surface area (Å²) >= 11 is 0. The van der Waals surface area contributed by atoms with Gasteiger partial charge in [-0.05, 0) is 31.2 Å². The second kappa shape index (κ2) is 7.19. The summed E-state index contributed by atoms with van der Waals surface area (Å²) in [4.78, 5) is 21.7. The molecule has 0 saturated heterocycles. The zero-order valence-corrected chi connectivity index (χ0v) is 13.7. The molecular formula is C19H19N3O2. The fraction of sp³-hybridized carbons (Fsp3) is 0.211. The molecule has 1 unspecified atom stereocenters. The van der Waals surface area contributed by atoms with Gasteiger partial charge in [0.25, 0.3) is 5.91 Å². The molecule has 0 bridgehead atoms. The minimum absolute atomic E-state index is 0.0762. The fourth-order valence-corrected chi connectivity index (χ4v) is 2.60. The van der Waals surface area contributed by atoms with Crippen LogP contribution in [0.25, 0.3) is 22.3 Å². The Hall–Kier alpha value is -2.79. The Bertz CT molecular complexity index is 850. The number of carbonyl (C=O) groups excluding carboxylic acids is 1. The van der Waals surface area contributed by atoms with Gasteiger partial charge in [-0.25, -0.2) is 4.98 Å². The van der Waals surface area contributed by atoms with Gasteiger partial charge in [-0.2, -0.15) is 0 Å². The fourth-order valence-electron chi connectivity index (χ4n) is 2.60. The van der Waals surface area contributed by atoms with Crippen molar-refractivity contribution in [3.05, 3.63) is 60.3 Å². The Morgan fingerprint density at radius 3 is 2.71 bits per heavy atom. The van der Waals surface area contributed by atoms with Crippen molar-refractivity contribution in [3.63, 3.8) is 0 Å². The smallest absolute Gasteiger partial charge is 0.252 e. The first-order valence-electron chi connectivity index (χ1n) is 7.80. The van der Waals surface area contributed by atoms with E-state index in [2.05, 4.69) is 15.3 Å². The van der Waals surface area contributed by atoms with Gasteiger partial charge in [-0.1, -0.05) is 24.3 Å². The first kappa shape index (κ1) is 16.1. The number of aromatic nitrogens is 2. The molecule has 5 heteroatoms. The molecule has 0 fully saturated rings. The van der Waals surface area contributed by atoms with E-state index in [1.165, 1.54) is 0 Å². The number of carbonyl (C=O) groups is 1. The van der Waals surface area contributed by atoms with Crippen LogP contribution in [0.2, 0.25) is 0 Å². The molecule has 5 nitrogen and oxygen atoms in total. The maximum Gasteiger partial charge on any atom is 0.252 e. The number of hydrogen-bond donors (Lipinski definition) is 1. The first-order valence-corrected chi connectivity index (χ1v) is 7.80. The highest BCUT2D eigenvalue weighted by Crippen LogP contribution is 2.23. The molecule has 2 aromatic heterocycles. The number of nitrogens with zero attached hydrogens (tertiary/aromatic N) is 2. The van der Waals surface area contributed by atoms with E-state index in [1.54, 1.807) is 19.4 Å². The van der Waals surface area contributed by atoms with E-state index >= 15 is 0 Å². The monoisotopic (exact) mass is 321 g/mol. The highest BCUT2D eigenvalue weighted by Gasteiger charge is 2.16. The number of nitrogens with one attached hydrogen (secondary N) is 1. The van der Waals surface area contributed by atoms with Gasteiger partial charge >= 0.3 is 0 Å². The predicted molar refractivity (Wildman–Crippen MR) is 93.8 cm³/mol. The van der Waals surface area contributed by atoms with Crippen LogP contribution in [0.1, 0.15) is 17.3 Å². The van der Waals surface area contributed by atoms with Crippen LogP contribution >= 0.6 is 0 Å². The normalized spacial score (nSPS) is 12.1. The molecule has 0 spiro atoms. The summed E-state index contributed by atoms with van der Waals surface area (Å²) in [5, 5.41) is 3.77. The first-order chi connectivity index (χ1) is 11.7. The van der Waals surface area contributed by atoms with Crippen molar-refractivity contribution in [2.75, 3.05) is 13.7 Å². The van der Waals surface area contributed by atoms with Crippen molar-refractivity contribution >= 4 is 16.8 Å². The van der Waals surface area contributed by atoms with E-state index in [1.807, 2.05) is 49.4 Å². The molecular weight excluding hydrogens is 302 g/mol. The van der Waals surface area contributed by atoms with Crippen molar-refractivity contribution in [1.82, 2.24) is 15.3 Å². The predicted octanol–water partition coefficient (Wildman–Crippen LogP) is 3.06. The number of rotatable bonds is 5. The van der Waals surface area contributed by atoms with E-state index < -0.39 is 0 Å². The maximum absolute atomic E-state index is 12.7. The van der Waals surface area contributed by atoms with Crippen LogP contribution in [0.3, 0.4) is 0 Å². The lowest BCUT2D eigenvalue weighted by Crippen LogP contribution is -2.35. The third-order valence-electron chi connectivity index (χ3n) is 3.68. The number of ether oxygens (including phenoxy) is 1. The lowest BCUT2D eigenvalue weighted by Gasteiger charge is -2.14. The number of hydrogen-bond acceptors (Lipinski definition) is 4. The van der Waals surface area contributed by atoms with Crippen molar-refractivity contribution < 1.29 is 9.53 Å². The van der Waals surface area contributed by atoms with Crippen LogP contribution in [0.15, 0.2) is 54.7 Å². The Balaban J connectivity index is 2.06. The van der Waals surface area contributed by atoms with E-state index in [0.717, 1.165) is 16.6 Å². The van der Waals surface area contributed by atoms with Gasteiger partial charge in [0, 0.05) is 24.7 Å². The molecule has 1 N–H and O–H groups in total. The van der Waals surface area contributed by atoms with Gasteiger partial charge < -0.3 is 10.1 Å². The van der Waals surface area contributed by atoms with Gasteiger partial charge in [-0.15, -0.1) is 0 Å². The number of benzene rings is 1. The lowest BCUT2D eigenvalue weighted by molar-refractivity contribution is 0.0907. The molecule has 1 atom stereocenters. The van der Waals surface area contributed by atoms with Crippen molar-refractivity contribution in [2.45, 2.75) is 13.0 Å². The Morgan fingerprint density at radius 1 is 1.17 bits per heavy atom. The molecule has 0 aliphatic carbocycles. The maximum atomic E-state index is 12.7. The molecule has 0 radical (unpaired) electrons. The zero-order chi connectivity index (χ0) is 16.9. The Labute approximate surface area is 140 Å². The molecule has 3 rings (SSSR count). The molecule has 1 aromatic carbocycles. The molecule has 1 amide bonds. The third-order valence-corrected chi connectivity index (χ3v) is 3.68. The average molecular weight is 321 g/mol. The molecule has 0 saturated carbocycles. The van der Waals surface area contributed by atoms with Gasteiger partial charge in [0.2, 0.25) is 0 Å². The molecule has 0 aliphatic rings. The van der Waals surface area contributed by atoms with Gasteiger partial charge in [0.1, 0.15) is 0 Å². The summed E-state index contributed by atoms with van der Waals surface area (Å²) in [6.07, 6.45) is 1.71. The summed E-state index contributed by atoms with van der Waals surface area (Å²) in [6.45, 7) is 2.37.